The SMILES string of the molecule is Cc1cccc(C)c1NC(=O)C(C)Sc1cccc(NC(=O)C2CC2)c1. The van der Waals surface area contributed by atoms with Crippen LogP contribution in [0, 0.1) is 19.8 Å². The number of hydrogen-bond acceptors (Lipinski definition) is 3. The van der Waals surface area contributed by atoms with Crippen molar-refractivity contribution in [1.29, 1.82) is 0 Å². The summed E-state index contributed by atoms with van der Waals surface area (Å²) in [5, 5.41) is 5.74. The molecular formula is C21H24N2O2S. The van der Waals surface area contributed by atoms with Gasteiger partial charge in [-0.1, -0.05) is 24.3 Å². The van der Waals surface area contributed by atoms with Crippen molar-refractivity contribution >= 4 is 35.0 Å². The second-order valence-electron chi connectivity index (χ2n) is 6.81. The molecule has 26 heavy (non-hydrogen) atoms. The van der Waals surface area contributed by atoms with Crippen molar-refractivity contribution in [2.24, 2.45) is 5.92 Å². The first-order chi connectivity index (χ1) is 12.4. The Hall–Kier alpha value is -2.27. The smallest absolute Gasteiger partial charge is 0.237 e. The molecule has 0 spiro atoms. The zero-order chi connectivity index (χ0) is 18.7. The van der Waals surface area contributed by atoms with Crippen LogP contribution in [0.5, 0.6) is 0 Å². The van der Waals surface area contributed by atoms with Crippen LogP contribution in [0.3, 0.4) is 0 Å². The Morgan fingerprint density at radius 2 is 1.69 bits per heavy atom. The summed E-state index contributed by atoms with van der Waals surface area (Å²) in [6.45, 7) is 5.88. The fraction of sp³-hybridized carbons (Fsp3) is 0.333. The van der Waals surface area contributed by atoms with E-state index in [2.05, 4.69) is 10.6 Å². The number of anilines is 2. The van der Waals surface area contributed by atoms with E-state index in [4.69, 9.17) is 0 Å². The van der Waals surface area contributed by atoms with Crippen molar-refractivity contribution in [1.82, 2.24) is 0 Å². The van der Waals surface area contributed by atoms with Gasteiger partial charge in [0.15, 0.2) is 0 Å². The molecule has 2 amide bonds. The maximum absolute atomic E-state index is 12.6. The maximum Gasteiger partial charge on any atom is 0.237 e. The molecule has 1 atom stereocenters. The highest BCUT2D eigenvalue weighted by Gasteiger charge is 2.29. The Labute approximate surface area is 158 Å². The second-order valence-corrected chi connectivity index (χ2v) is 8.22. The van der Waals surface area contributed by atoms with Crippen LogP contribution >= 0.6 is 11.8 Å². The number of para-hydroxylation sites is 1. The molecule has 0 radical (unpaired) electrons. The Morgan fingerprint density at radius 3 is 2.35 bits per heavy atom. The standard InChI is InChI=1S/C21H24N2O2S/c1-13-6-4-7-14(2)19(13)23-20(24)15(3)26-18-9-5-8-17(12-18)22-21(25)16-10-11-16/h4-9,12,15-16H,10-11H2,1-3H3,(H,22,25)(H,23,24). The number of carbonyl (C=O) groups excluding carboxylic acids is 2. The number of benzene rings is 2. The first kappa shape index (κ1) is 18.5. The Balaban J connectivity index is 1.62. The third kappa shape index (κ3) is 4.67. The first-order valence-electron chi connectivity index (χ1n) is 8.88. The van der Waals surface area contributed by atoms with E-state index in [0.29, 0.717) is 0 Å². The van der Waals surface area contributed by atoms with Crippen molar-refractivity contribution in [2.45, 2.75) is 43.8 Å². The highest BCUT2D eigenvalue weighted by molar-refractivity contribution is 8.00. The molecule has 1 fully saturated rings. The summed E-state index contributed by atoms with van der Waals surface area (Å²) in [6.07, 6.45) is 1.96. The number of carbonyl (C=O) groups is 2. The van der Waals surface area contributed by atoms with Crippen LogP contribution in [0.1, 0.15) is 30.9 Å². The molecule has 5 heteroatoms. The predicted octanol–water partition coefficient (Wildman–Crippen LogP) is 4.77. The molecule has 4 nitrogen and oxygen atoms in total. The summed E-state index contributed by atoms with van der Waals surface area (Å²) in [6, 6.07) is 13.6. The van der Waals surface area contributed by atoms with Crippen molar-refractivity contribution in [3.05, 3.63) is 53.6 Å². The largest absolute Gasteiger partial charge is 0.326 e. The van der Waals surface area contributed by atoms with Gasteiger partial charge in [0.1, 0.15) is 0 Å². The predicted molar refractivity (Wildman–Crippen MR) is 108 cm³/mol. The number of thioether (sulfide) groups is 1. The lowest BCUT2D eigenvalue weighted by molar-refractivity contribution is -0.117. The third-order valence-corrected chi connectivity index (χ3v) is 5.55. The molecule has 1 aliphatic carbocycles. The third-order valence-electron chi connectivity index (χ3n) is 4.46. The van der Waals surface area contributed by atoms with Gasteiger partial charge >= 0.3 is 0 Å². The van der Waals surface area contributed by atoms with Crippen LogP contribution < -0.4 is 10.6 Å². The van der Waals surface area contributed by atoms with Crippen LogP contribution in [-0.2, 0) is 9.59 Å². The fourth-order valence-electron chi connectivity index (χ4n) is 2.73. The topological polar surface area (TPSA) is 58.2 Å². The molecule has 0 saturated heterocycles. The minimum Gasteiger partial charge on any atom is -0.326 e. The van der Waals surface area contributed by atoms with Gasteiger partial charge in [0.05, 0.1) is 5.25 Å². The molecule has 0 bridgehead atoms. The Bertz CT molecular complexity index is 810. The van der Waals surface area contributed by atoms with Crippen molar-refractivity contribution in [2.75, 3.05) is 10.6 Å². The molecule has 2 aromatic carbocycles. The van der Waals surface area contributed by atoms with Gasteiger partial charge in [-0.3, -0.25) is 9.59 Å². The number of amides is 2. The van der Waals surface area contributed by atoms with Crippen molar-refractivity contribution in [3.8, 4) is 0 Å². The quantitative estimate of drug-likeness (QED) is 0.722. The van der Waals surface area contributed by atoms with Gasteiger partial charge in [0, 0.05) is 22.2 Å². The molecule has 2 N–H and O–H groups in total. The molecule has 1 unspecified atom stereocenters. The van der Waals surface area contributed by atoms with E-state index in [-0.39, 0.29) is 23.0 Å². The van der Waals surface area contributed by atoms with Gasteiger partial charge < -0.3 is 10.6 Å². The lowest BCUT2D eigenvalue weighted by Crippen LogP contribution is -2.23. The molecule has 0 aromatic heterocycles. The van der Waals surface area contributed by atoms with Crippen LogP contribution in [0.25, 0.3) is 0 Å². The number of hydrogen-bond donors (Lipinski definition) is 2. The highest BCUT2D eigenvalue weighted by Crippen LogP contribution is 2.31. The Morgan fingerprint density at radius 1 is 1.04 bits per heavy atom. The average molecular weight is 369 g/mol. The van der Waals surface area contributed by atoms with Crippen LogP contribution in [-0.4, -0.2) is 17.1 Å². The van der Waals surface area contributed by atoms with Crippen molar-refractivity contribution < 1.29 is 9.59 Å². The van der Waals surface area contributed by atoms with E-state index >= 15 is 0 Å². The molecule has 1 saturated carbocycles. The molecule has 2 aromatic rings. The van der Waals surface area contributed by atoms with E-state index < -0.39 is 0 Å². The van der Waals surface area contributed by atoms with E-state index in [1.165, 1.54) is 11.8 Å². The molecule has 0 heterocycles. The second kappa shape index (κ2) is 7.96. The van der Waals surface area contributed by atoms with E-state index in [1.54, 1.807) is 0 Å². The minimum absolute atomic E-state index is 0.0279. The fourth-order valence-corrected chi connectivity index (χ4v) is 3.66. The monoisotopic (exact) mass is 368 g/mol. The summed E-state index contributed by atoms with van der Waals surface area (Å²) in [7, 11) is 0. The number of nitrogens with one attached hydrogen (secondary N) is 2. The molecule has 3 rings (SSSR count). The first-order valence-corrected chi connectivity index (χ1v) is 9.76. The number of aryl methyl sites for hydroxylation is 2. The summed E-state index contributed by atoms with van der Waals surface area (Å²) in [5.74, 6) is 0.237. The normalized spacial score (nSPS) is 14.6. The average Bonchev–Trinajstić information content (AvgIpc) is 3.43. The lowest BCUT2D eigenvalue weighted by atomic mass is 10.1. The van der Waals surface area contributed by atoms with E-state index in [0.717, 1.165) is 40.2 Å². The van der Waals surface area contributed by atoms with Gasteiger partial charge in [-0.15, -0.1) is 11.8 Å². The van der Waals surface area contributed by atoms with Gasteiger partial charge in [-0.2, -0.15) is 0 Å². The van der Waals surface area contributed by atoms with Gasteiger partial charge in [-0.05, 0) is 62.9 Å². The van der Waals surface area contributed by atoms with Crippen LogP contribution in [0.15, 0.2) is 47.4 Å². The van der Waals surface area contributed by atoms with Crippen LogP contribution in [0.4, 0.5) is 11.4 Å². The van der Waals surface area contributed by atoms with E-state index in [1.807, 2.05) is 63.2 Å². The summed E-state index contributed by atoms with van der Waals surface area (Å²) < 4.78 is 0. The molecule has 136 valence electrons. The maximum atomic E-state index is 12.6. The minimum atomic E-state index is -0.247. The summed E-state index contributed by atoms with van der Waals surface area (Å²) in [4.78, 5) is 25.4. The molecule has 0 aliphatic heterocycles. The molecular weight excluding hydrogens is 344 g/mol. The highest BCUT2D eigenvalue weighted by atomic mass is 32.2. The lowest BCUT2D eigenvalue weighted by Gasteiger charge is -2.16. The Kier molecular flexibility index (Phi) is 5.67. The zero-order valence-electron chi connectivity index (χ0n) is 15.3. The summed E-state index contributed by atoms with van der Waals surface area (Å²) in [5.41, 5.74) is 3.78. The van der Waals surface area contributed by atoms with Crippen molar-refractivity contribution in [3.63, 3.8) is 0 Å². The van der Waals surface area contributed by atoms with E-state index in [9.17, 15) is 9.59 Å². The number of rotatable bonds is 6. The van der Waals surface area contributed by atoms with Crippen LogP contribution in [0.2, 0.25) is 0 Å². The zero-order valence-corrected chi connectivity index (χ0v) is 16.2. The molecule has 1 aliphatic rings. The van der Waals surface area contributed by atoms with Gasteiger partial charge in [0.2, 0.25) is 11.8 Å². The van der Waals surface area contributed by atoms with Gasteiger partial charge in [-0.25, -0.2) is 0 Å². The van der Waals surface area contributed by atoms with Gasteiger partial charge in [0.25, 0.3) is 0 Å². The summed E-state index contributed by atoms with van der Waals surface area (Å²) >= 11 is 1.48.